The van der Waals surface area contributed by atoms with E-state index in [0.29, 0.717) is 24.5 Å². The van der Waals surface area contributed by atoms with Crippen molar-refractivity contribution in [2.45, 2.75) is 26.3 Å². The number of carboxylic acids is 1. The molecule has 3 atom stereocenters. The third-order valence-electron chi connectivity index (χ3n) is 3.79. The molecule has 2 N–H and O–H groups in total. The molecule has 120 valence electrons. The molecule has 0 unspecified atom stereocenters. The Hall–Kier alpha value is -2.24. The molecule has 0 heterocycles. The molecular weight excluding hydrogens is 286 g/mol. The maximum absolute atomic E-state index is 12.0. The maximum Gasteiger partial charge on any atom is 0.307 e. The van der Waals surface area contributed by atoms with Crippen molar-refractivity contribution in [3.8, 4) is 11.5 Å². The van der Waals surface area contributed by atoms with Gasteiger partial charge in [-0.3, -0.25) is 9.59 Å². The summed E-state index contributed by atoms with van der Waals surface area (Å²) < 4.78 is 10.7. The van der Waals surface area contributed by atoms with Crippen molar-refractivity contribution < 1.29 is 24.2 Å². The molecule has 0 bridgehead atoms. The number of aliphatic carboxylic acids is 1. The molecule has 0 aliphatic heterocycles. The van der Waals surface area contributed by atoms with Crippen molar-refractivity contribution >= 4 is 11.9 Å². The predicted octanol–water partition coefficient (Wildman–Crippen LogP) is 1.99. The number of benzene rings is 1. The van der Waals surface area contributed by atoms with Crippen LogP contribution in [0.1, 0.15) is 31.9 Å². The molecule has 2 rings (SSSR count). The minimum atomic E-state index is -0.907. The average Bonchev–Trinajstić information content (AvgIpc) is 3.28. The van der Waals surface area contributed by atoms with E-state index < -0.39 is 17.8 Å². The van der Waals surface area contributed by atoms with Crippen LogP contribution >= 0.6 is 0 Å². The largest absolute Gasteiger partial charge is 0.493 e. The van der Waals surface area contributed by atoms with Gasteiger partial charge in [0.05, 0.1) is 31.6 Å². The van der Waals surface area contributed by atoms with Gasteiger partial charge in [0.15, 0.2) is 11.5 Å². The highest BCUT2D eigenvalue weighted by Gasteiger charge is 2.48. The Bertz CT molecular complexity index is 572. The van der Waals surface area contributed by atoms with Gasteiger partial charge >= 0.3 is 5.97 Å². The van der Waals surface area contributed by atoms with Gasteiger partial charge in [0.1, 0.15) is 0 Å². The Balaban J connectivity index is 2.02. The number of carbonyl (C=O) groups excluding carboxylic acids is 1. The number of ether oxygens (including phenoxy) is 2. The van der Waals surface area contributed by atoms with Gasteiger partial charge in [0, 0.05) is 0 Å². The molecule has 1 amide bonds. The summed E-state index contributed by atoms with van der Waals surface area (Å²) in [7, 11) is 1.56. The Morgan fingerprint density at radius 3 is 2.64 bits per heavy atom. The number of methoxy groups -OCH3 is 1. The number of hydrogen-bond acceptors (Lipinski definition) is 4. The fourth-order valence-electron chi connectivity index (χ4n) is 2.39. The lowest BCUT2D eigenvalue weighted by Crippen LogP contribution is -2.29. The van der Waals surface area contributed by atoms with Crippen LogP contribution in [0.4, 0.5) is 0 Å². The lowest BCUT2D eigenvalue weighted by molar-refractivity contribution is -0.140. The van der Waals surface area contributed by atoms with E-state index in [0.717, 1.165) is 5.56 Å². The number of nitrogens with one attached hydrogen (secondary N) is 1. The molecule has 0 saturated heterocycles. The van der Waals surface area contributed by atoms with E-state index in [1.54, 1.807) is 13.2 Å². The van der Waals surface area contributed by atoms with Gasteiger partial charge in [-0.05, 0) is 38.0 Å². The zero-order valence-electron chi connectivity index (χ0n) is 13.0. The van der Waals surface area contributed by atoms with Crippen molar-refractivity contribution in [1.82, 2.24) is 5.32 Å². The topological polar surface area (TPSA) is 84.9 Å². The zero-order chi connectivity index (χ0) is 16.3. The molecule has 6 nitrogen and oxygen atoms in total. The number of carboxylic acid groups (broad SMARTS) is 1. The summed E-state index contributed by atoms with van der Waals surface area (Å²) in [6.07, 6.45) is 0.417. The van der Waals surface area contributed by atoms with Crippen LogP contribution in [0.15, 0.2) is 18.2 Å². The summed E-state index contributed by atoms with van der Waals surface area (Å²) in [4.78, 5) is 22.8. The standard InChI is InChI=1S/C16H21NO5/c1-4-22-13-6-5-10(7-14(13)21-3)9(2)17-15(18)11-8-12(11)16(19)20/h5-7,9,11-12H,4,8H2,1-3H3,(H,17,18)(H,19,20)/t9-,11+,12-/m0/s1. The van der Waals surface area contributed by atoms with Crippen LogP contribution in [-0.2, 0) is 9.59 Å². The molecule has 6 heteroatoms. The van der Waals surface area contributed by atoms with Crippen LogP contribution in [0.5, 0.6) is 11.5 Å². The van der Waals surface area contributed by atoms with Crippen molar-refractivity contribution in [2.24, 2.45) is 11.8 Å². The van der Waals surface area contributed by atoms with E-state index in [1.807, 2.05) is 26.0 Å². The van der Waals surface area contributed by atoms with Crippen LogP contribution < -0.4 is 14.8 Å². The van der Waals surface area contributed by atoms with Crippen molar-refractivity contribution in [1.29, 1.82) is 0 Å². The molecule has 22 heavy (non-hydrogen) atoms. The van der Waals surface area contributed by atoms with E-state index in [9.17, 15) is 9.59 Å². The highest BCUT2D eigenvalue weighted by atomic mass is 16.5. The Kier molecular flexibility index (Phi) is 4.90. The minimum Gasteiger partial charge on any atom is -0.493 e. The van der Waals surface area contributed by atoms with Crippen molar-refractivity contribution in [2.75, 3.05) is 13.7 Å². The van der Waals surface area contributed by atoms with Gasteiger partial charge in [-0.2, -0.15) is 0 Å². The van der Waals surface area contributed by atoms with Crippen molar-refractivity contribution in [3.63, 3.8) is 0 Å². The van der Waals surface area contributed by atoms with Crippen molar-refractivity contribution in [3.05, 3.63) is 23.8 Å². The van der Waals surface area contributed by atoms with Gasteiger partial charge in [-0.1, -0.05) is 6.07 Å². The third kappa shape index (κ3) is 3.50. The van der Waals surface area contributed by atoms with Gasteiger partial charge in [-0.25, -0.2) is 0 Å². The molecule has 1 aliphatic rings. The molecule has 1 saturated carbocycles. The first-order chi connectivity index (χ1) is 10.5. The summed E-state index contributed by atoms with van der Waals surface area (Å²) >= 11 is 0. The van der Waals surface area contributed by atoms with E-state index in [4.69, 9.17) is 14.6 Å². The smallest absolute Gasteiger partial charge is 0.307 e. The first kappa shape index (κ1) is 16.1. The van der Waals surface area contributed by atoms with Crippen LogP contribution in [-0.4, -0.2) is 30.7 Å². The summed E-state index contributed by atoms with van der Waals surface area (Å²) in [5.74, 6) is -0.814. The van der Waals surface area contributed by atoms with Crippen LogP contribution in [0.25, 0.3) is 0 Å². The quantitative estimate of drug-likeness (QED) is 0.804. The Labute approximate surface area is 129 Å². The van der Waals surface area contributed by atoms with Crippen LogP contribution in [0.3, 0.4) is 0 Å². The highest BCUT2D eigenvalue weighted by Crippen LogP contribution is 2.39. The number of rotatable bonds is 7. The number of hydrogen-bond donors (Lipinski definition) is 2. The summed E-state index contributed by atoms with van der Waals surface area (Å²) in [6.45, 7) is 4.29. The normalized spacial score (nSPS) is 20.9. The highest BCUT2D eigenvalue weighted by molar-refractivity contribution is 5.89. The van der Waals surface area contributed by atoms with E-state index in [2.05, 4.69) is 5.32 Å². The molecule has 1 aromatic carbocycles. The second-order valence-corrected chi connectivity index (χ2v) is 5.36. The second-order valence-electron chi connectivity index (χ2n) is 5.36. The molecule has 0 aromatic heterocycles. The molecule has 1 aromatic rings. The van der Waals surface area contributed by atoms with Gasteiger partial charge in [0.2, 0.25) is 5.91 Å². The van der Waals surface area contributed by atoms with E-state index >= 15 is 0 Å². The van der Waals surface area contributed by atoms with E-state index in [-0.39, 0.29) is 11.9 Å². The number of amides is 1. The molecule has 1 fully saturated rings. The monoisotopic (exact) mass is 307 g/mol. The minimum absolute atomic E-state index is 0.215. The molecule has 0 spiro atoms. The Morgan fingerprint density at radius 2 is 2.09 bits per heavy atom. The fourth-order valence-corrected chi connectivity index (χ4v) is 2.39. The third-order valence-corrected chi connectivity index (χ3v) is 3.79. The van der Waals surface area contributed by atoms with Crippen LogP contribution in [0, 0.1) is 11.8 Å². The summed E-state index contributed by atoms with van der Waals surface area (Å²) in [5, 5.41) is 11.7. The zero-order valence-corrected chi connectivity index (χ0v) is 13.0. The van der Waals surface area contributed by atoms with Gasteiger partial charge in [-0.15, -0.1) is 0 Å². The predicted molar refractivity (Wildman–Crippen MR) is 80.0 cm³/mol. The lowest BCUT2D eigenvalue weighted by Gasteiger charge is -2.17. The molecular formula is C16H21NO5. The number of carbonyl (C=O) groups is 2. The Morgan fingerprint density at radius 1 is 1.36 bits per heavy atom. The second kappa shape index (κ2) is 6.68. The molecule has 1 aliphatic carbocycles. The first-order valence-corrected chi connectivity index (χ1v) is 7.31. The first-order valence-electron chi connectivity index (χ1n) is 7.31. The van der Waals surface area contributed by atoms with Gasteiger partial charge < -0.3 is 19.9 Å². The fraction of sp³-hybridized carbons (Fsp3) is 0.500. The average molecular weight is 307 g/mol. The van der Waals surface area contributed by atoms with E-state index in [1.165, 1.54) is 0 Å². The maximum atomic E-state index is 12.0. The summed E-state index contributed by atoms with van der Waals surface area (Å²) in [5.41, 5.74) is 0.876. The van der Waals surface area contributed by atoms with Gasteiger partial charge in [0.25, 0.3) is 0 Å². The SMILES string of the molecule is CCOc1ccc([C@H](C)NC(=O)[C@@H]2C[C@@H]2C(=O)O)cc1OC. The molecule has 0 radical (unpaired) electrons. The van der Waals surface area contributed by atoms with Crippen LogP contribution in [0.2, 0.25) is 0 Å². The lowest BCUT2D eigenvalue weighted by atomic mass is 10.1. The summed E-state index contributed by atoms with van der Waals surface area (Å²) in [6, 6.07) is 5.25.